The van der Waals surface area contributed by atoms with Crippen molar-refractivity contribution < 1.29 is 9.53 Å². The molecule has 0 bridgehead atoms. The van der Waals surface area contributed by atoms with Gasteiger partial charge in [-0.3, -0.25) is 4.68 Å². The van der Waals surface area contributed by atoms with E-state index in [1.165, 1.54) is 0 Å². The largest absolute Gasteiger partial charge is 0.454 e. The van der Waals surface area contributed by atoms with E-state index in [9.17, 15) is 4.79 Å². The Morgan fingerprint density at radius 1 is 1.55 bits per heavy atom. The molecule has 0 atom stereocenters. The molecule has 0 aliphatic heterocycles. The maximum absolute atomic E-state index is 12.1. The minimum atomic E-state index is -0.432. The van der Waals surface area contributed by atoms with Crippen LogP contribution in [0, 0.1) is 6.92 Å². The number of aryl methyl sites for hydroxylation is 3. The average molecular weight is 297 g/mol. The Hall–Kier alpha value is -1.95. The minimum absolute atomic E-state index is 0.0732. The molecule has 0 unspecified atom stereocenters. The molecule has 0 radical (unpaired) electrons. The van der Waals surface area contributed by atoms with Gasteiger partial charge in [0.05, 0.1) is 22.1 Å². The van der Waals surface area contributed by atoms with Crippen LogP contribution in [0.2, 0.25) is 5.02 Å². The summed E-state index contributed by atoms with van der Waals surface area (Å²) in [5.74, 6) is -0.432. The fourth-order valence-electron chi connectivity index (χ4n) is 2.01. The number of halogens is 1. The Balaban J connectivity index is 2.12. The van der Waals surface area contributed by atoms with Gasteiger partial charge in [-0.2, -0.15) is 5.10 Å². The lowest BCUT2D eigenvalue weighted by atomic mass is 10.3. The van der Waals surface area contributed by atoms with Gasteiger partial charge in [-0.25, -0.2) is 4.79 Å². The molecular formula is C13H17ClN4O2. The van der Waals surface area contributed by atoms with E-state index in [1.54, 1.807) is 35.5 Å². The Kier molecular flexibility index (Phi) is 4.04. The van der Waals surface area contributed by atoms with Gasteiger partial charge in [0, 0.05) is 19.8 Å². The summed E-state index contributed by atoms with van der Waals surface area (Å²) in [5, 5.41) is 4.69. The van der Waals surface area contributed by atoms with E-state index in [2.05, 4.69) is 5.10 Å². The molecule has 2 aromatic heterocycles. The number of hydrogen-bond donors (Lipinski definition) is 1. The average Bonchev–Trinajstić information content (AvgIpc) is 2.89. The Morgan fingerprint density at radius 3 is 2.80 bits per heavy atom. The first-order valence-electron chi connectivity index (χ1n) is 6.24. The van der Waals surface area contributed by atoms with E-state index in [0.29, 0.717) is 34.3 Å². The van der Waals surface area contributed by atoms with Crippen LogP contribution >= 0.6 is 11.6 Å². The lowest BCUT2D eigenvalue weighted by molar-refractivity contribution is 0.0451. The topological polar surface area (TPSA) is 75.1 Å². The predicted molar refractivity (Wildman–Crippen MR) is 76.6 cm³/mol. The zero-order valence-electron chi connectivity index (χ0n) is 11.7. The van der Waals surface area contributed by atoms with Crippen LogP contribution in [-0.4, -0.2) is 20.3 Å². The molecule has 2 heterocycles. The molecule has 2 N–H and O–H groups in total. The number of carbonyl (C=O) groups is 1. The maximum atomic E-state index is 12.1. The van der Waals surface area contributed by atoms with Crippen molar-refractivity contribution in [3.8, 4) is 0 Å². The highest BCUT2D eigenvalue weighted by atomic mass is 35.5. The number of ether oxygens (including phenoxy) is 1. The molecule has 108 valence electrons. The number of carbonyl (C=O) groups excluding carboxylic acids is 1. The van der Waals surface area contributed by atoms with E-state index < -0.39 is 5.97 Å². The number of nitrogens with two attached hydrogens (primary N) is 1. The van der Waals surface area contributed by atoms with Crippen LogP contribution in [0.1, 0.15) is 28.8 Å². The molecular weight excluding hydrogens is 280 g/mol. The zero-order chi connectivity index (χ0) is 14.9. The highest BCUT2D eigenvalue weighted by Gasteiger charge is 2.17. The van der Waals surface area contributed by atoms with Gasteiger partial charge in [-0.15, -0.1) is 0 Å². The summed E-state index contributed by atoms with van der Waals surface area (Å²) in [6.45, 7) is 4.45. The predicted octanol–water partition coefficient (Wildman–Crippen LogP) is 2.14. The lowest BCUT2D eigenvalue weighted by Crippen LogP contribution is -2.12. The zero-order valence-corrected chi connectivity index (χ0v) is 12.4. The first kappa shape index (κ1) is 14.5. The fourth-order valence-corrected chi connectivity index (χ4v) is 2.22. The number of hydrogen-bond acceptors (Lipinski definition) is 4. The SMILES string of the molecule is CCn1cc(N)cc1C(=O)OCc1c(Cl)c(C)nn1C. The van der Waals surface area contributed by atoms with Crippen molar-refractivity contribution in [3.05, 3.63) is 34.4 Å². The number of esters is 1. The Bertz CT molecular complexity index is 645. The summed E-state index contributed by atoms with van der Waals surface area (Å²) in [7, 11) is 1.76. The van der Waals surface area contributed by atoms with Gasteiger partial charge in [-0.05, 0) is 19.9 Å². The van der Waals surface area contributed by atoms with Crippen LogP contribution < -0.4 is 5.73 Å². The summed E-state index contributed by atoms with van der Waals surface area (Å²) in [6.07, 6.45) is 1.71. The summed E-state index contributed by atoms with van der Waals surface area (Å²) in [5.41, 5.74) is 8.03. The van der Waals surface area contributed by atoms with E-state index >= 15 is 0 Å². The molecule has 0 saturated carbocycles. The van der Waals surface area contributed by atoms with Crippen molar-refractivity contribution in [1.82, 2.24) is 14.3 Å². The van der Waals surface area contributed by atoms with Crippen LogP contribution in [0.15, 0.2) is 12.3 Å². The second-order valence-corrected chi connectivity index (χ2v) is 4.87. The van der Waals surface area contributed by atoms with E-state index in [0.717, 1.165) is 0 Å². The third-order valence-corrected chi connectivity index (χ3v) is 3.56. The highest BCUT2D eigenvalue weighted by Crippen LogP contribution is 2.21. The van der Waals surface area contributed by atoms with Gasteiger partial charge < -0.3 is 15.0 Å². The van der Waals surface area contributed by atoms with Gasteiger partial charge in [0.25, 0.3) is 0 Å². The van der Waals surface area contributed by atoms with Crippen molar-refractivity contribution in [2.45, 2.75) is 27.0 Å². The second-order valence-electron chi connectivity index (χ2n) is 4.49. The molecule has 7 heteroatoms. The maximum Gasteiger partial charge on any atom is 0.355 e. The van der Waals surface area contributed by atoms with E-state index in [1.807, 2.05) is 6.92 Å². The van der Waals surface area contributed by atoms with E-state index in [4.69, 9.17) is 22.1 Å². The van der Waals surface area contributed by atoms with Gasteiger partial charge in [0.2, 0.25) is 0 Å². The Morgan fingerprint density at radius 2 is 2.25 bits per heavy atom. The van der Waals surface area contributed by atoms with Crippen LogP contribution in [0.25, 0.3) is 0 Å². The van der Waals surface area contributed by atoms with Crippen molar-refractivity contribution in [3.63, 3.8) is 0 Å². The number of rotatable bonds is 4. The molecule has 0 spiro atoms. The summed E-state index contributed by atoms with van der Waals surface area (Å²) in [6, 6.07) is 1.60. The highest BCUT2D eigenvalue weighted by molar-refractivity contribution is 6.31. The third-order valence-electron chi connectivity index (χ3n) is 3.07. The van der Waals surface area contributed by atoms with Crippen molar-refractivity contribution in [2.24, 2.45) is 7.05 Å². The van der Waals surface area contributed by atoms with Gasteiger partial charge in [0.15, 0.2) is 0 Å². The van der Waals surface area contributed by atoms with Gasteiger partial charge in [-0.1, -0.05) is 11.6 Å². The summed E-state index contributed by atoms with van der Waals surface area (Å²) >= 11 is 6.11. The van der Waals surface area contributed by atoms with Crippen molar-refractivity contribution in [2.75, 3.05) is 5.73 Å². The first-order chi connectivity index (χ1) is 9.43. The summed E-state index contributed by atoms with van der Waals surface area (Å²) < 4.78 is 8.64. The normalized spacial score (nSPS) is 10.8. The Labute approximate surface area is 122 Å². The lowest BCUT2D eigenvalue weighted by Gasteiger charge is -2.07. The van der Waals surface area contributed by atoms with Crippen LogP contribution in [0.4, 0.5) is 5.69 Å². The number of nitrogens with zero attached hydrogens (tertiary/aromatic N) is 3. The van der Waals surface area contributed by atoms with Gasteiger partial charge >= 0.3 is 5.97 Å². The van der Waals surface area contributed by atoms with E-state index in [-0.39, 0.29) is 6.61 Å². The molecule has 2 aromatic rings. The smallest absolute Gasteiger partial charge is 0.355 e. The first-order valence-corrected chi connectivity index (χ1v) is 6.62. The van der Waals surface area contributed by atoms with Crippen molar-refractivity contribution in [1.29, 1.82) is 0 Å². The van der Waals surface area contributed by atoms with Crippen LogP contribution in [0.5, 0.6) is 0 Å². The quantitative estimate of drug-likeness (QED) is 0.877. The third kappa shape index (κ3) is 2.65. The molecule has 6 nitrogen and oxygen atoms in total. The molecule has 20 heavy (non-hydrogen) atoms. The molecule has 0 aliphatic rings. The molecule has 2 rings (SSSR count). The standard InChI is InChI=1S/C13H17ClN4O2/c1-4-18-6-9(15)5-10(18)13(19)20-7-11-12(14)8(2)16-17(11)3/h5-6H,4,7,15H2,1-3H3. The van der Waals surface area contributed by atoms with Crippen LogP contribution in [-0.2, 0) is 24.9 Å². The second kappa shape index (κ2) is 5.58. The fraction of sp³-hybridized carbons (Fsp3) is 0.385. The number of nitrogen functional groups attached to an aromatic ring is 1. The molecule has 0 amide bonds. The number of aromatic nitrogens is 3. The van der Waals surface area contributed by atoms with Crippen molar-refractivity contribution >= 4 is 23.3 Å². The molecule has 0 aliphatic carbocycles. The van der Waals surface area contributed by atoms with Crippen LogP contribution in [0.3, 0.4) is 0 Å². The molecule has 0 saturated heterocycles. The summed E-state index contributed by atoms with van der Waals surface area (Å²) in [4.78, 5) is 12.1. The molecule has 0 fully saturated rings. The number of anilines is 1. The monoisotopic (exact) mass is 296 g/mol. The molecule has 0 aromatic carbocycles. The minimum Gasteiger partial charge on any atom is -0.454 e. The van der Waals surface area contributed by atoms with Gasteiger partial charge in [0.1, 0.15) is 12.3 Å².